The molecule has 4 heterocycles. The Kier molecular flexibility index (Phi) is 7.39. The Morgan fingerprint density at radius 1 is 0.806 bits per heavy atom. The molecule has 18 heteroatoms. The second-order valence-electron chi connectivity index (χ2n) is 7.29. The van der Waals surface area contributed by atoms with Crippen molar-refractivity contribution in [1.29, 1.82) is 0 Å². The van der Waals surface area contributed by atoms with E-state index >= 15 is 0 Å². The molecule has 0 aromatic carbocycles. The van der Waals surface area contributed by atoms with Crippen molar-refractivity contribution in [3.63, 3.8) is 0 Å². The summed E-state index contributed by atoms with van der Waals surface area (Å²) < 4.78 is 90.5. The third-order valence-corrected chi connectivity index (χ3v) is 5.41. The summed E-state index contributed by atoms with van der Waals surface area (Å²) in [6.45, 7) is 1.12. The monoisotopic (exact) mass is 554 g/mol. The van der Waals surface area contributed by atoms with E-state index in [1.54, 1.807) is 0 Å². The van der Waals surface area contributed by atoms with Crippen molar-refractivity contribution in [2.75, 3.05) is 26.4 Å². The van der Waals surface area contributed by atoms with E-state index in [1.807, 2.05) is 0 Å². The Morgan fingerprint density at radius 2 is 1.39 bits per heavy atom. The number of aromatic amines is 2. The fourth-order valence-corrected chi connectivity index (χ4v) is 3.61. The Labute approximate surface area is 207 Å². The molecule has 10 nitrogen and oxygen atoms in total. The van der Waals surface area contributed by atoms with Gasteiger partial charge in [-0.15, -0.1) is 0 Å². The van der Waals surface area contributed by atoms with Crippen LogP contribution in [0, 0.1) is 9.28 Å². The lowest BCUT2D eigenvalue weighted by Crippen LogP contribution is -2.15. The first-order valence-corrected chi connectivity index (χ1v) is 11.0. The number of nitrogens with one attached hydrogen (secondary N) is 2. The zero-order valence-corrected chi connectivity index (χ0v) is 19.6. The quantitative estimate of drug-likeness (QED) is 0.181. The van der Waals surface area contributed by atoms with Gasteiger partial charge in [-0.2, -0.15) is 36.5 Å². The van der Waals surface area contributed by atoms with Crippen molar-refractivity contribution < 1.29 is 35.8 Å². The number of H-pyrrole nitrogens is 2. The molecule has 0 amide bonds. The van der Waals surface area contributed by atoms with Gasteiger partial charge in [-0.25, -0.2) is 14.6 Å². The maximum absolute atomic E-state index is 13.0. The molecule has 0 bridgehead atoms. The van der Waals surface area contributed by atoms with Crippen molar-refractivity contribution in [2.45, 2.75) is 25.4 Å². The predicted octanol–water partition coefficient (Wildman–Crippen LogP) is 4.06. The highest BCUT2D eigenvalue weighted by atomic mass is 32.1. The van der Waals surface area contributed by atoms with Crippen LogP contribution < -0.4 is 0 Å². The number of fused-ring (bicyclic) bond motifs is 2. The molecule has 4 aromatic heterocycles. The highest BCUT2D eigenvalue weighted by molar-refractivity contribution is 7.71. The summed E-state index contributed by atoms with van der Waals surface area (Å²) in [5.74, 6) is -2.43. The van der Waals surface area contributed by atoms with Gasteiger partial charge in [0.05, 0.1) is 56.5 Å². The van der Waals surface area contributed by atoms with Gasteiger partial charge in [0.1, 0.15) is 14.9 Å². The van der Waals surface area contributed by atoms with E-state index in [9.17, 15) is 26.3 Å². The van der Waals surface area contributed by atoms with Crippen LogP contribution in [0.25, 0.3) is 22.1 Å². The van der Waals surface area contributed by atoms with E-state index in [0.717, 1.165) is 0 Å². The molecular weight excluding hydrogens is 538 g/mol. The Hall–Kier alpha value is -2.96. The molecule has 0 aliphatic carbocycles. The first-order chi connectivity index (χ1) is 16.9. The molecule has 0 saturated heterocycles. The van der Waals surface area contributed by atoms with Crippen LogP contribution in [0.5, 0.6) is 0 Å². The second-order valence-corrected chi connectivity index (χ2v) is 8.06. The molecule has 36 heavy (non-hydrogen) atoms. The third-order valence-electron chi connectivity index (χ3n) is 4.78. The highest BCUT2D eigenvalue weighted by Gasteiger charge is 2.35. The fraction of sp³-hybridized carbons (Fsp3) is 0.444. The van der Waals surface area contributed by atoms with E-state index in [-0.39, 0.29) is 65.5 Å². The van der Waals surface area contributed by atoms with Crippen LogP contribution in [-0.4, -0.2) is 65.9 Å². The molecule has 0 fully saturated rings. The molecule has 4 aromatic rings. The van der Waals surface area contributed by atoms with Gasteiger partial charge in [-0.05, 0) is 0 Å². The number of aromatic nitrogens is 8. The minimum Gasteiger partial charge on any atom is -0.377 e. The van der Waals surface area contributed by atoms with Crippen LogP contribution in [0.4, 0.5) is 26.3 Å². The van der Waals surface area contributed by atoms with Gasteiger partial charge in [-0.1, -0.05) is 24.4 Å². The van der Waals surface area contributed by atoms with Crippen LogP contribution in [-0.2, 0) is 34.9 Å². The van der Waals surface area contributed by atoms with Crippen LogP contribution >= 0.6 is 24.4 Å². The summed E-state index contributed by atoms with van der Waals surface area (Å²) in [5, 5.41) is 8.61. The van der Waals surface area contributed by atoms with Crippen LogP contribution in [0.2, 0.25) is 0 Å². The summed E-state index contributed by atoms with van der Waals surface area (Å²) in [5.41, 5.74) is 0.0566. The predicted molar refractivity (Wildman–Crippen MR) is 117 cm³/mol. The SMILES string of the molecule is FC(F)(F)c1nc(=S)c2cn(CCOCCOCCn3ncc4c(=S)nc(C(F)(F)F)[nH]c43)nc2[nH]1. The van der Waals surface area contributed by atoms with Crippen molar-refractivity contribution in [3.05, 3.63) is 33.3 Å². The second kappa shape index (κ2) is 10.2. The van der Waals surface area contributed by atoms with Crippen molar-refractivity contribution >= 4 is 46.5 Å². The summed E-state index contributed by atoms with van der Waals surface area (Å²) in [6.07, 6.45) is -6.55. The zero-order chi connectivity index (χ0) is 26.1. The molecule has 0 unspecified atom stereocenters. The average Bonchev–Trinajstić information content (AvgIpc) is 3.39. The van der Waals surface area contributed by atoms with Gasteiger partial charge in [-0.3, -0.25) is 4.68 Å². The van der Waals surface area contributed by atoms with Gasteiger partial charge < -0.3 is 19.4 Å². The van der Waals surface area contributed by atoms with Gasteiger partial charge >= 0.3 is 12.4 Å². The summed E-state index contributed by atoms with van der Waals surface area (Å²) in [7, 11) is 0. The van der Waals surface area contributed by atoms with E-state index in [4.69, 9.17) is 33.9 Å². The van der Waals surface area contributed by atoms with Crippen LogP contribution in [0.15, 0.2) is 12.4 Å². The Balaban J connectivity index is 1.22. The number of rotatable bonds is 9. The maximum atomic E-state index is 13.0. The molecule has 0 aliphatic heterocycles. The van der Waals surface area contributed by atoms with Crippen molar-refractivity contribution in [2.24, 2.45) is 0 Å². The van der Waals surface area contributed by atoms with Gasteiger partial charge in [0.2, 0.25) is 11.6 Å². The number of hydrogen-bond donors (Lipinski definition) is 2. The Morgan fingerprint density at radius 3 is 2.03 bits per heavy atom. The molecule has 0 spiro atoms. The van der Waals surface area contributed by atoms with Crippen LogP contribution in [0.1, 0.15) is 11.6 Å². The maximum Gasteiger partial charge on any atom is 0.449 e. The molecule has 4 rings (SSSR count). The first kappa shape index (κ1) is 26.1. The standard InChI is InChI=1S/C18H16F6N8O2S2/c19-17(20,21)15-26-11-10(14(36)29-15)8-31(30-11)1-3-33-5-6-34-4-2-32-12-9(7-25-32)13(35)28-16(27-12)18(22,23)24/h7-8H,1-6H2,(H,27,28,35)(H,26,29,30,36). The average molecular weight is 555 g/mol. The van der Waals surface area contributed by atoms with Gasteiger partial charge in [0.15, 0.2) is 5.65 Å². The number of halogens is 6. The van der Waals surface area contributed by atoms with E-state index in [1.165, 1.54) is 21.8 Å². The smallest absolute Gasteiger partial charge is 0.377 e. The largest absolute Gasteiger partial charge is 0.449 e. The fourth-order valence-electron chi connectivity index (χ4n) is 3.13. The van der Waals surface area contributed by atoms with Gasteiger partial charge in [0.25, 0.3) is 0 Å². The third kappa shape index (κ3) is 5.88. The molecule has 0 atom stereocenters. The highest BCUT2D eigenvalue weighted by Crippen LogP contribution is 2.28. The summed E-state index contributed by atoms with van der Waals surface area (Å²) in [6, 6.07) is 0. The number of nitrogens with zero attached hydrogens (tertiary/aromatic N) is 6. The van der Waals surface area contributed by atoms with Gasteiger partial charge in [0, 0.05) is 6.20 Å². The lowest BCUT2D eigenvalue weighted by Gasteiger charge is -2.09. The van der Waals surface area contributed by atoms with E-state index in [2.05, 4.69) is 30.1 Å². The lowest BCUT2D eigenvalue weighted by atomic mass is 10.4. The zero-order valence-electron chi connectivity index (χ0n) is 18.0. The minimum absolute atomic E-state index is 0.0321. The summed E-state index contributed by atoms with van der Waals surface area (Å²) >= 11 is 9.81. The number of ether oxygens (including phenoxy) is 2. The van der Waals surface area contributed by atoms with Crippen molar-refractivity contribution in [3.8, 4) is 0 Å². The normalized spacial score (nSPS) is 12.7. The molecule has 2 N–H and O–H groups in total. The lowest BCUT2D eigenvalue weighted by molar-refractivity contribution is -0.145. The molecule has 0 saturated carbocycles. The van der Waals surface area contributed by atoms with E-state index < -0.39 is 24.0 Å². The molecule has 194 valence electrons. The molecule has 0 aliphatic rings. The number of hydrogen-bond acceptors (Lipinski definition) is 8. The molecular formula is C18H16F6N8O2S2. The Bertz CT molecular complexity index is 1490. The minimum atomic E-state index is -4.68. The topological polar surface area (TPSA) is 111 Å². The van der Waals surface area contributed by atoms with Crippen molar-refractivity contribution in [1.82, 2.24) is 39.5 Å². The molecule has 0 radical (unpaired) electrons. The number of alkyl halides is 6. The van der Waals surface area contributed by atoms with E-state index in [0.29, 0.717) is 5.39 Å². The summed E-state index contributed by atoms with van der Waals surface area (Å²) in [4.78, 5) is 11.0. The first-order valence-electron chi connectivity index (χ1n) is 10.2. The van der Waals surface area contributed by atoms with Crippen LogP contribution in [0.3, 0.4) is 0 Å².